The lowest BCUT2D eigenvalue weighted by molar-refractivity contribution is 0.0299. The highest BCUT2D eigenvalue weighted by atomic mass is 16.5. The summed E-state index contributed by atoms with van der Waals surface area (Å²) < 4.78 is 7.26. The Hall–Kier alpha value is -0.980. The van der Waals surface area contributed by atoms with Gasteiger partial charge < -0.3 is 10.5 Å². The van der Waals surface area contributed by atoms with Gasteiger partial charge in [0.25, 0.3) is 0 Å². The number of nitrogens with two attached hydrogens (primary N) is 1. The summed E-state index contributed by atoms with van der Waals surface area (Å²) in [5.41, 5.74) is 6.34. The molecule has 0 spiro atoms. The molecule has 2 heterocycles. The first-order valence-corrected chi connectivity index (χ1v) is 6.16. The van der Waals surface area contributed by atoms with Gasteiger partial charge in [0.2, 0.25) is 0 Å². The Balaban J connectivity index is 1.77. The number of rotatable bonds is 5. The van der Waals surface area contributed by atoms with Gasteiger partial charge in [-0.05, 0) is 19.4 Å². The zero-order valence-electron chi connectivity index (χ0n) is 10.4. The number of methoxy groups -OCH3 is 1. The fourth-order valence-corrected chi connectivity index (χ4v) is 2.19. The fourth-order valence-electron chi connectivity index (χ4n) is 2.19. The molecule has 0 aliphatic carbocycles. The molecule has 6 heteroatoms. The number of piperidine rings is 1. The summed E-state index contributed by atoms with van der Waals surface area (Å²) in [6, 6.07) is 0. The minimum absolute atomic E-state index is 0.388. The number of nitrogens with zero attached hydrogens (tertiary/aromatic N) is 4. The standard InChI is InChI=1S/C11H21N5O/c1-17-11-3-2-4-15(9-11)5-6-16-8-10(7-12)13-14-16/h8,11H,2-7,9,12H2,1H3. The Morgan fingerprint density at radius 1 is 1.53 bits per heavy atom. The molecule has 6 nitrogen and oxygen atoms in total. The van der Waals surface area contributed by atoms with Crippen LogP contribution in [-0.4, -0.2) is 52.7 Å². The number of aromatic nitrogens is 3. The smallest absolute Gasteiger partial charge is 0.0962 e. The maximum Gasteiger partial charge on any atom is 0.0962 e. The largest absolute Gasteiger partial charge is 0.380 e. The summed E-state index contributed by atoms with van der Waals surface area (Å²) in [4.78, 5) is 2.42. The van der Waals surface area contributed by atoms with E-state index in [1.165, 1.54) is 12.8 Å². The van der Waals surface area contributed by atoms with E-state index in [2.05, 4.69) is 15.2 Å². The normalized spacial score (nSPS) is 21.9. The number of likely N-dealkylation sites (tertiary alicyclic amines) is 1. The zero-order valence-corrected chi connectivity index (χ0v) is 10.4. The van der Waals surface area contributed by atoms with Crippen molar-refractivity contribution in [3.8, 4) is 0 Å². The maximum atomic E-state index is 5.50. The number of hydrogen-bond donors (Lipinski definition) is 1. The van der Waals surface area contributed by atoms with Gasteiger partial charge in [-0.25, -0.2) is 0 Å². The third-order valence-electron chi connectivity index (χ3n) is 3.24. The minimum Gasteiger partial charge on any atom is -0.380 e. The molecule has 0 aromatic carbocycles. The second-order valence-corrected chi connectivity index (χ2v) is 4.48. The zero-order chi connectivity index (χ0) is 12.1. The van der Waals surface area contributed by atoms with Crippen LogP contribution in [0.1, 0.15) is 18.5 Å². The summed E-state index contributed by atoms with van der Waals surface area (Å²) >= 11 is 0. The first-order chi connectivity index (χ1) is 8.31. The highest BCUT2D eigenvalue weighted by Gasteiger charge is 2.18. The van der Waals surface area contributed by atoms with Gasteiger partial charge in [0.1, 0.15) is 0 Å². The monoisotopic (exact) mass is 239 g/mol. The van der Waals surface area contributed by atoms with Crippen LogP contribution >= 0.6 is 0 Å². The molecule has 1 saturated heterocycles. The molecule has 1 aromatic rings. The molecular formula is C11H21N5O. The lowest BCUT2D eigenvalue weighted by Crippen LogP contribution is -2.40. The molecule has 2 rings (SSSR count). The van der Waals surface area contributed by atoms with Crippen molar-refractivity contribution in [1.29, 1.82) is 0 Å². The van der Waals surface area contributed by atoms with Crippen LogP contribution in [0.3, 0.4) is 0 Å². The van der Waals surface area contributed by atoms with Gasteiger partial charge in [-0.1, -0.05) is 5.21 Å². The van der Waals surface area contributed by atoms with E-state index in [-0.39, 0.29) is 0 Å². The van der Waals surface area contributed by atoms with E-state index in [4.69, 9.17) is 10.5 Å². The molecule has 1 aromatic heterocycles. The van der Waals surface area contributed by atoms with E-state index in [0.717, 1.165) is 31.9 Å². The molecule has 0 bridgehead atoms. The van der Waals surface area contributed by atoms with Gasteiger partial charge in [0, 0.05) is 32.9 Å². The van der Waals surface area contributed by atoms with Crippen molar-refractivity contribution in [2.45, 2.75) is 32.0 Å². The Morgan fingerprint density at radius 3 is 3.12 bits per heavy atom. The molecule has 1 unspecified atom stereocenters. The molecular weight excluding hydrogens is 218 g/mol. The molecule has 2 N–H and O–H groups in total. The van der Waals surface area contributed by atoms with E-state index >= 15 is 0 Å². The second-order valence-electron chi connectivity index (χ2n) is 4.48. The van der Waals surface area contributed by atoms with Crippen LogP contribution in [0.2, 0.25) is 0 Å². The van der Waals surface area contributed by atoms with E-state index < -0.39 is 0 Å². The summed E-state index contributed by atoms with van der Waals surface area (Å²) in [7, 11) is 1.79. The van der Waals surface area contributed by atoms with Crippen molar-refractivity contribution in [3.63, 3.8) is 0 Å². The third-order valence-corrected chi connectivity index (χ3v) is 3.24. The average molecular weight is 239 g/mol. The van der Waals surface area contributed by atoms with Gasteiger partial charge in [0.05, 0.1) is 18.3 Å². The number of hydrogen-bond acceptors (Lipinski definition) is 5. The van der Waals surface area contributed by atoms with Crippen molar-refractivity contribution in [2.24, 2.45) is 5.73 Å². The highest BCUT2D eigenvalue weighted by molar-refractivity contribution is 4.90. The predicted molar refractivity (Wildman–Crippen MR) is 64.4 cm³/mol. The molecule has 0 amide bonds. The lowest BCUT2D eigenvalue weighted by atomic mass is 10.1. The molecule has 1 fully saturated rings. The molecule has 1 aliphatic rings. The quantitative estimate of drug-likeness (QED) is 0.773. The van der Waals surface area contributed by atoms with E-state index in [1.54, 1.807) is 7.11 Å². The Bertz CT molecular complexity index is 340. The van der Waals surface area contributed by atoms with E-state index in [0.29, 0.717) is 12.6 Å². The predicted octanol–water partition coefficient (Wildman–Crippen LogP) is -0.152. The van der Waals surface area contributed by atoms with Gasteiger partial charge >= 0.3 is 0 Å². The Labute approximate surface area is 102 Å². The van der Waals surface area contributed by atoms with Crippen LogP contribution in [0.25, 0.3) is 0 Å². The van der Waals surface area contributed by atoms with Gasteiger partial charge in [-0.2, -0.15) is 0 Å². The van der Waals surface area contributed by atoms with Crippen LogP contribution in [-0.2, 0) is 17.8 Å². The van der Waals surface area contributed by atoms with Crippen LogP contribution < -0.4 is 5.73 Å². The number of ether oxygens (including phenoxy) is 1. The summed E-state index contributed by atoms with van der Waals surface area (Å²) in [5, 5.41) is 8.01. The SMILES string of the molecule is COC1CCCN(CCn2cc(CN)nn2)C1. The van der Waals surface area contributed by atoms with Crippen LogP contribution in [0, 0.1) is 0 Å². The molecule has 0 radical (unpaired) electrons. The average Bonchev–Trinajstić information content (AvgIpc) is 2.84. The topological polar surface area (TPSA) is 69.2 Å². The highest BCUT2D eigenvalue weighted by Crippen LogP contribution is 2.12. The molecule has 96 valence electrons. The third kappa shape index (κ3) is 3.49. The van der Waals surface area contributed by atoms with Gasteiger partial charge in [0.15, 0.2) is 0 Å². The van der Waals surface area contributed by atoms with Crippen molar-refractivity contribution in [3.05, 3.63) is 11.9 Å². The second kappa shape index (κ2) is 6.09. The van der Waals surface area contributed by atoms with Crippen molar-refractivity contribution in [1.82, 2.24) is 19.9 Å². The Kier molecular flexibility index (Phi) is 4.47. The van der Waals surface area contributed by atoms with Crippen molar-refractivity contribution < 1.29 is 4.74 Å². The molecule has 0 saturated carbocycles. The maximum absolute atomic E-state index is 5.50. The van der Waals surface area contributed by atoms with Gasteiger partial charge in [-0.15, -0.1) is 5.10 Å². The summed E-state index contributed by atoms with van der Waals surface area (Å²) in [5.74, 6) is 0. The van der Waals surface area contributed by atoms with E-state index in [1.807, 2.05) is 10.9 Å². The molecule has 1 aliphatic heterocycles. The fraction of sp³-hybridized carbons (Fsp3) is 0.818. The van der Waals surface area contributed by atoms with Crippen molar-refractivity contribution >= 4 is 0 Å². The molecule has 17 heavy (non-hydrogen) atoms. The summed E-state index contributed by atoms with van der Waals surface area (Å²) in [6.07, 6.45) is 4.69. The Morgan fingerprint density at radius 2 is 2.41 bits per heavy atom. The minimum atomic E-state index is 0.388. The van der Waals surface area contributed by atoms with Crippen LogP contribution in [0.5, 0.6) is 0 Å². The van der Waals surface area contributed by atoms with Crippen LogP contribution in [0.15, 0.2) is 6.20 Å². The first kappa shape index (κ1) is 12.5. The molecule has 1 atom stereocenters. The lowest BCUT2D eigenvalue weighted by Gasteiger charge is -2.31. The van der Waals surface area contributed by atoms with E-state index in [9.17, 15) is 0 Å². The van der Waals surface area contributed by atoms with Crippen molar-refractivity contribution in [2.75, 3.05) is 26.7 Å². The van der Waals surface area contributed by atoms with Gasteiger partial charge in [-0.3, -0.25) is 9.58 Å². The summed E-state index contributed by atoms with van der Waals surface area (Å²) in [6.45, 7) is 4.49. The first-order valence-electron chi connectivity index (χ1n) is 6.16. The van der Waals surface area contributed by atoms with Crippen LogP contribution in [0.4, 0.5) is 0 Å².